The molecule has 0 aliphatic heterocycles. The molecular weight excluding hydrogens is 290 g/mol. The molecule has 0 amide bonds. The normalized spacial score (nSPS) is 11.9. The molecule has 1 heteroatoms. The number of rotatable bonds is 6. The first kappa shape index (κ1) is 16.3. The van der Waals surface area contributed by atoms with Crippen molar-refractivity contribution in [1.29, 1.82) is 0 Å². The highest BCUT2D eigenvalue weighted by Crippen LogP contribution is 2.34. The lowest BCUT2D eigenvalue weighted by molar-refractivity contribution is 0.665. The highest BCUT2D eigenvalue weighted by Gasteiger charge is 2.12. The standard InChI is InChI=1S/C23H25N/c1-3-10-19(2)20-15-17-23(18-16-20)24(21-11-6-4-7-12-21)22-13-8-5-9-14-22/h4-9,11-19H,3,10H2,1-2H3. The fraction of sp³-hybridized carbons (Fsp3) is 0.217. The molecule has 0 aliphatic rings. The predicted octanol–water partition coefficient (Wildman–Crippen LogP) is 7.06. The van der Waals surface area contributed by atoms with Crippen molar-refractivity contribution in [1.82, 2.24) is 0 Å². The lowest BCUT2D eigenvalue weighted by atomic mass is 9.96. The van der Waals surface area contributed by atoms with Crippen molar-refractivity contribution in [2.24, 2.45) is 0 Å². The van der Waals surface area contributed by atoms with Crippen molar-refractivity contribution in [3.8, 4) is 0 Å². The number of hydrogen-bond donors (Lipinski definition) is 0. The first-order valence-corrected chi connectivity index (χ1v) is 8.79. The Hall–Kier alpha value is -2.54. The highest BCUT2D eigenvalue weighted by atomic mass is 15.1. The Morgan fingerprint density at radius 1 is 0.667 bits per heavy atom. The van der Waals surface area contributed by atoms with Crippen LogP contribution in [0.4, 0.5) is 17.1 Å². The van der Waals surface area contributed by atoms with E-state index in [4.69, 9.17) is 0 Å². The number of para-hydroxylation sites is 2. The van der Waals surface area contributed by atoms with E-state index >= 15 is 0 Å². The number of anilines is 3. The average molecular weight is 315 g/mol. The van der Waals surface area contributed by atoms with Gasteiger partial charge in [0.25, 0.3) is 0 Å². The molecule has 0 aliphatic carbocycles. The van der Waals surface area contributed by atoms with Crippen LogP contribution in [0.5, 0.6) is 0 Å². The molecule has 0 radical (unpaired) electrons. The fourth-order valence-corrected chi connectivity index (χ4v) is 3.15. The van der Waals surface area contributed by atoms with Crippen LogP contribution < -0.4 is 4.90 Å². The fourth-order valence-electron chi connectivity index (χ4n) is 3.15. The third-order valence-electron chi connectivity index (χ3n) is 4.47. The van der Waals surface area contributed by atoms with Gasteiger partial charge < -0.3 is 4.90 Å². The lowest BCUT2D eigenvalue weighted by Gasteiger charge is -2.25. The minimum atomic E-state index is 0.617. The van der Waals surface area contributed by atoms with Crippen LogP contribution in [0.1, 0.15) is 38.2 Å². The minimum Gasteiger partial charge on any atom is -0.311 e. The zero-order chi connectivity index (χ0) is 16.8. The minimum absolute atomic E-state index is 0.617. The van der Waals surface area contributed by atoms with Gasteiger partial charge in [0, 0.05) is 17.1 Å². The second kappa shape index (κ2) is 7.83. The molecule has 3 aromatic rings. The summed E-state index contributed by atoms with van der Waals surface area (Å²) in [6, 6.07) is 30.1. The molecule has 0 saturated heterocycles. The van der Waals surface area contributed by atoms with E-state index in [1.165, 1.54) is 35.5 Å². The van der Waals surface area contributed by atoms with E-state index in [1.807, 2.05) is 0 Å². The van der Waals surface area contributed by atoms with Crippen LogP contribution in [0.15, 0.2) is 84.9 Å². The number of hydrogen-bond acceptors (Lipinski definition) is 1. The van der Waals surface area contributed by atoms with Gasteiger partial charge in [-0.3, -0.25) is 0 Å². The van der Waals surface area contributed by atoms with Gasteiger partial charge in [0.15, 0.2) is 0 Å². The van der Waals surface area contributed by atoms with Crippen molar-refractivity contribution in [2.75, 3.05) is 4.90 Å². The number of benzene rings is 3. The van der Waals surface area contributed by atoms with E-state index in [0.29, 0.717) is 5.92 Å². The predicted molar refractivity (Wildman–Crippen MR) is 104 cm³/mol. The molecule has 24 heavy (non-hydrogen) atoms. The number of nitrogens with zero attached hydrogens (tertiary/aromatic N) is 1. The largest absolute Gasteiger partial charge is 0.311 e. The maximum absolute atomic E-state index is 2.31. The van der Waals surface area contributed by atoms with Crippen molar-refractivity contribution >= 4 is 17.1 Å². The Bertz CT molecular complexity index is 693. The van der Waals surface area contributed by atoms with Gasteiger partial charge in [-0.1, -0.05) is 68.8 Å². The molecule has 3 aromatic carbocycles. The van der Waals surface area contributed by atoms with E-state index in [2.05, 4.69) is 104 Å². The SMILES string of the molecule is CCCC(C)c1ccc(N(c2ccccc2)c2ccccc2)cc1. The van der Waals surface area contributed by atoms with Crippen molar-refractivity contribution < 1.29 is 0 Å². The molecule has 0 aromatic heterocycles. The van der Waals surface area contributed by atoms with Crippen LogP contribution in [-0.2, 0) is 0 Å². The summed E-state index contributed by atoms with van der Waals surface area (Å²) in [5, 5.41) is 0. The van der Waals surface area contributed by atoms with Crippen molar-refractivity contribution in [3.05, 3.63) is 90.5 Å². The van der Waals surface area contributed by atoms with E-state index in [0.717, 1.165) is 0 Å². The Balaban J connectivity index is 1.97. The summed E-state index contributed by atoms with van der Waals surface area (Å²) in [4.78, 5) is 2.30. The Morgan fingerprint density at radius 2 is 1.12 bits per heavy atom. The summed E-state index contributed by atoms with van der Waals surface area (Å²) in [5.74, 6) is 0.617. The molecule has 0 spiro atoms. The third-order valence-corrected chi connectivity index (χ3v) is 4.47. The van der Waals surface area contributed by atoms with Gasteiger partial charge in [-0.2, -0.15) is 0 Å². The molecule has 0 N–H and O–H groups in total. The van der Waals surface area contributed by atoms with Gasteiger partial charge in [-0.15, -0.1) is 0 Å². The zero-order valence-corrected chi connectivity index (χ0v) is 14.5. The van der Waals surface area contributed by atoms with Gasteiger partial charge in [0.1, 0.15) is 0 Å². The highest BCUT2D eigenvalue weighted by molar-refractivity contribution is 5.76. The van der Waals surface area contributed by atoms with E-state index in [1.54, 1.807) is 0 Å². The maximum Gasteiger partial charge on any atom is 0.0461 e. The first-order valence-electron chi connectivity index (χ1n) is 8.79. The molecule has 1 unspecified atom stereocenters. The van der Waals surface area contributed by atoms with E-state index in [-0.39, 0.29) is 0 Å². The smallest absolute Gasteiger partial charge is 0.0461 e. The Morgan fingerprint density at radius 3 is 1.58 bits per heavy atom. The molecule has 0 bridgehead atoms. The Kier molecular flexibility index (Phi) is 5.32. The van der Waals surface area contributed by atoms with Crippen LogP contribution in [0.2, 0.25) is 0 Å². The summed E-state index contributed by atoms with van der Waals surface area (Å²) in [6.07, 6.45) is 2.46. The van der Waals surface area contributed by atoms with Gasteiger partial charge in [0.2, 0.25) is 0 Å². The topological polar surface area (TPSA) is 3.24 Å². The van der Waals surface area contributed by atoms with Crippen LogP contribution >= 0.6 is 0 Å². The van der Waals surface area contributed by atoms with Gasteiger partial charge in [0.05, 0.1) is 0 Å². The maximum atomic E-state index is 2.31. The van der Waals surface area contributed by atoms with Gasteiger partial charge in [-0.05, 0) is 54.3 Å². The van der Waals surface area contributed by atoms with Crippen LogP contribution in [0.25, 0.3) is 0 Å². The first-order chi connectivity index (χ1) is 11.8. The molecule has 1 nitrogen and oxygen atoms in total. The van der Waals surface area contributed by atoms with Crippen molar-refractivity contribution in [2.45, 2.75) is 32.6 Å². The van der Waals surface area contributed by atoms with Crippen LogP contribution in [0.3, 0.4) is 0 Å². The third kappa shape index (κ3) is 3.68. The summed E-state index contributed by atoms with van der Waals surface area (Å²) in [5.41, 5.74) is 4.97. The zero-order valence-electron chi connectivity index (χ0n) is 14.5. The van der Waals surface area contributed by atoms with Crippen LogP contribution in [0, 0.1) is 0 Å². The van der Waals surface area contributed by atoms with Gasteiger partial charge in [-0.25, -0.2) is 0 Å². The van der Waals surface area contributed by atoms with Crippen LogP contribution in [-0.4, -0.2) is 0 Å². The second-order valence-corrected chi connectivity index (χ2v) is 6.29. The monoisotopic (exact) mass is 315 g/mol. The molecule has 0 heterocycles. The molecule has 0 saturated carbocycles. The summed E-state index contributed by atoms with van der Waals surface area (Å²) in [7, 11) is 0. The second-order valence-electron chi connectivity index (χ2n) is 6.29. The van der Waals surface area contributed by atoms with E-state index < -0.39 is 0 Å². The quantitative estimate of drug-likeness (QED) is 0.470. The average Bonchev–Trinajstić information content (AvgIpc) is 2.64. The summed E-state index contributed by atoms with van der Waals surface area (Å²) in [6.45, 7) is 4.56. The molecule has 122 valence electrons. The summed E-state index contributed by atoms with van der Waals surface area (Å²) >= 11 is 0. The van der Waals surface area contributed by atoms with Crippen molar-refractivity contribution in [3.63, 3.8) is 0 Å². The summed E-state index contributed by atoms with van der Waals surface area (Å²) < 4.78 is 0. The molecular formula is C23H25N. The molecule has 0 fully saturated rings. The molecule has 1 atom stereocenters. The Labute approximate surface area is 145 Å². The van der Waals surface area contributed by atoms with E-state index in [9.17, 15) is 0 Å². The lowest BCUT2D eigenvalue weighted by Crippen LogP contribution is -2.09. The van der Waals surface area contributed by atoms with Gasteiger partial charge >= 0.3 is 0 Å². The molecule has 3 rings (SSSR count).